The highest BCUT2D eigenvalue weighted by molar-refractivity contribution is 5.90. The number of carbonyl (C=O) groups excluding carboxylic acids is 2. The molecule has 2 rings (SSSR count). The summed E-state index contributed by atoms with van der Waals surface area (Å²) in [5.74, 6) is -0.484. The maximum Gasteiger partial charge on any atom is 0.416 e. The van der Waals surface area contributed by atoms with Gasteiger partial charge in [0.05, 0.1) is 12.0 Å². The molecule has 0 fully saturated rings. The number of hydrogen-bond donors (Lipinski definition) is 0. The standard InChI is InChI=1S/C19H27N3O6/c1-8-26-14(23)10-22-17(24)12-9-13(21(7)18(25)28-19(4,5)6)27-16(12)15(20-22)11(2)3/h9,11H,8,10H2,1-7H3. The van der Waals surface area contributed by atoms with Gasteiger partial charge in [0.25, 0.3) is 5.56 Å². The highest BCUT2D eigenvalue weighted by Gasteiger charge is 2.25. The third-order valence-electron chi connectivity index (χ3n) is 3.77. The number of amides is 1. The third kappa shape index (κ3) is 4.71. The molecule has 0 spiro atoms. The smallest absolute Gasteiger partial charge is 0.416 e. The SMILES string of the molecule is CCOC(=O)Cn1nc(C(C)C)c2oc(N(C)C(=O)OC(C)(C)C)cc2c1=O. The van der Waals surface area contributed by atoms with Crippen molar-refractivity contribution in [2.24, 2.45) is 0 Å². The van der Waals surface area contributed by atoms with Crippen LogP contribution in [0, 0.1) is 0 Å². The highest BCUT2D eigenvalue weighted by Crippen LogP contribution is 2.29. The second-order valence-electron chi connectivity index (χ2n) is 7.67. The van der Waals surface area contributed by atoms with Crippen LogP contribution in [0.1, 0.15) is 53.2 Å². The zero-order valence-electron chi connectivity index (χ0n) is 17.4. The van der Waals surface area contributed by atoms with E-state index in [4.69, 9.17) is 13.9 Å². The van der Waals surface area contributed by atoms with Crippen molar-refractivity contribution in [2.75, 3.05) is 18.6 Å². The van der Waals surface area contributed by atoms with Gasteiger partial charge in [0.2, 0.25) is 5.88 Å². The molecule has 154 valence electrons. The molecule has 0 saturated heterocycles. The highest BCUT2D eigenvalue weighted by atomic mass is 16.6. The normalized spacial score (nSPS) is 11.7. The quantitative estimate of drug-likeness (QED) is 0.719. The van der Waals surface area contributed by atoms with Crippen molar-refractivity contribution in [1.29, 1.82) is 0 Å². The minimum Gasteiger partial charge on any atom is -0.465 e. The van der Waals surface area contributed by atoms with Gasteiger partial charge in [0, 0.05) is 19.0 Å². The predicted octanol–water partition coefficient (Wildman–Crippen LogP) is 3.05. The van der Waals surface area contributed by atoms with E-state index in [0.717, 1.165) is 4.68 Å². The van der Waals surface area contributed by atoms with E-state index in [1.807, 2.05) is 13.8 Å². The molecule has 9 nitrogen and oxygen atoms in total. The maximum atomic E-state index is 12.8. The Bertz CT molecular complexity index is 936. The van der Waals surface area contributed by atoms with E-state index in [9.17, 15) is 14.4 Å². The number of rotatable bonds is 5. The second kappa shape index (κ2) is 8.04. The van der Waals surface area contributed by atoms with Gasteiger partial charge >= 0.3 is 12.1 Å². The van der Waals surface area contributed by atoms with Crippen molar-refractivity contribution in [3.8, 4) is 0 Å². The number of furan rings is 1. The van der Waals surface area contributed by atoms with Crippen LogP contribution >= 0.6 is 0 Å². The number of ether oxygens (including phenoxy) is 2. The minimum absolute atomic E-state index is 0.0811. The first-order valence-electron chi connectivity index (χ1n) is 9.11. The molecule has 0 atom stereocenters. The number of aromatic nitrogens is 2. The van der Waals surface area contributed by atoms with Crippen molar-refractivity contribution in [3.05, 3.63) is 22.1 Å². The van der Waals surface area contributed by atoms with E-state index in [-0.39, 0.29) is 35.9 Å². The van der Waals surface area contributed by atoms with E-state index in [0.29, 0.717) is 5.69 Å². The molecule has 2 heterocycles. The van der Waals surface area contributed by atoms with E-state index in [1.54, 1.807) is 27.7 Å². The van der Waals surface area contributed by atoms with E-state index in [1.165, 1.54) is 18.0 Å². The molecule has 0 saturated carbocycles. The Balaban J connectivity index is 2.52. The molecule has 28 heavy (non-hydrogen) atoms. The summed E-state index contributed by atoms with van der Waals surface area (Å²) in [7, 11) is 1.49. The zero-order valence-corrected chi connectivity index (χ0v) is 17.4. The first-order chi connectivity index (χ1) is 12.9. The lowest BCUT2D eigenvalue weighted by molar-refractivity contribution is -0.144. The van der Waals surface area contributed by atoms with Gasteiger partial charge in [0.15, 0.2) is 5.58 Å². The van der Waals surface area contributed by atoms with Crippen molar-refractivity contribution in [2.45, 2.75) is 59.6 Å². The van der Waals surface area contributed by atoms with Crippen LogP contribution in [0.2, 0.25) is 0 Å². The summed E-state index contributed by atoms with van der Waals surface area (Å²) in [6.07, 6.45) is -0.613. The van der Waals surface area contributed by atoms with Crippen molar-refractivity contribution in [1.82, 2.24) is 9.78 Å². The summed E-state index contributed by atoms with van der Waals surface area (Å²) in [6, 6.07) is 1.46. The van der Waals surface area contributed by atoms with Gasteiger partial charge in [-0.25, -0.2) is 9.48 Å². The van der Waals surface area contributed by atoms with Crippen LogP contribution in [0.5, 0.6) is 0 Å². The van der Waals surface area contributed by atoms with E-state index >= 15 is 0 Å². The molecule has 0 N–H and O–H groups in total. The molecule has 0 radical (unpaired) electrons. The molecule has 2 aromatic heterocycles. The number of hydrogen-bond acceptors (Lipinski definition) is 7. The first-order valence-corrected chi connectivity index (χ1v) is 9.11. The molecule has 0 aromatic carbocycles. The number of anilines is 1. The lowest BCUT2D eigenvalue weighted by atomic mass is 10.1. The van der Waals surface area contributed by atoms with Gasteiger partial charge < -0.3 is 13.9 Å². The van der Waals surface area contributed by atoms with Crippen LogP contribution < -0.4 is 10.5 Å². The fourth-order valence-corrected chi connectivity index (χ4v) is 2.49. The number of fused-ring (bicyclic) bond motifs is 1. The molecule has 2 aromatic rings. The molecule has 0 bridgehead atoms. The van der Waals surface area contributed by atoms with Crippen molar-refractivity contribution >= 4 is 28.9 Å². The molecule has 0 aliphatic carbocycles. The molecule has 0 aliphatic heterocycles. The Morgan fingerprint density at radius 1 is 1.32 bits per heavy atom. The van der Waals surface area contributed by atoms with Gasteiger partial charge in [-0.1, -0.05) is 13.8 Å². The van der Waals surface area contributed by atoms with Crippen LogP contribution in [-0.2, 0) is 20.8 Å². The van der Waals surface area contributed by atoms with Crippen LogP contribution in [0.3, 0.4) is 0 Å². The average Bonchev–Trinajstić information content (AvgIpc) is 3.00. The number of esters is 1. The van der Waals surface area contributed by atoms with Gasteiger partial charge in [-0.05, 0) is 27.7 Å². The summed E-state index contributed by atoms with van der Waals surface area (Å²) in [6.45, 7) is 10.6. The van der Waals surface area contributed by atoms with Crippen molar-refractivity contribution in [3.63, 3.8) is 0 Å². The fraction of sp³-hybridized carbons (Fsp3) is 0.579. The Labute approximate surface area is 163 Å². The Morgan fingerprint density at radius 3 is 2.50 bits per heavy atom. The van der Waals surface area contributed by atoms with Crippen LogP contribution in [-0.4, -0.2) is 41.1 Å². The van der Waals surface area contributed by atoms with Crippen LogP contribution in [0.4, 0.5) is 10.7 Å². The Morgan fingerprint density at radius 2 is 1.96 bits per heavy atom. The van der Waals surface area contributed by atoms with Gasteiger partial charge in [0.1, 0.15) is 17.8 Å². The summed E-state index contributed by atoms with van der Waals surface area (Å²) in [4.78, 5) is 38.1. The lowest BCUT2D eigenvalue weighted by Crippen LogP contribution is -2.33. The molecular weight excluding hydrogens is 366 g/mol. The fourth-order valence-electron chi connectivity index (χ4n) is 2.49. The predicted molar refractivity (Wildman–Crippen MR) is 104 cm³/mol. The Kier molecular flexibility index (Phi) is 6.16. The van der Waals surface area contributed by atoms with Gasteiger partial charge in [-0.3, -0.25) is 14.5 Å². The first kappa shape index (κ1) is 21.5. The Hall–Kier alpha value is -2.84. The van der Waals surface area contributed by atoms with Gasteiger partial charge in [-0.2, -0.15) is 5.10 Å². The third-order valence-corrected chi connectivity index (χ3v) is 3.77. The summed E-state index contributed by atoms with van der Waals surface area (Å²) in [5, 5.41) is 4.50. The molecule has 1 amide bonds. The molecule has 0 aliphatic rings. The minimum atomic E-state index is -0.672. The van der Waals surface area contributed by atoms with E-state index < -0.39 is 23.2 Å². The van der Waals surface area contributed by atoms with Crippen LogP contribution in [0.25, 0.3) is 11.0 Å². The average molecular weight is 393 g/mol. The van der Waals surface area contributed by atoms with Crippen molar-refractivity contribution < 1.29 is 23.5 Å². The topological polar surface area (TPSA) is 104 Å². The summed E-state index contributed by atoms with van der Waals surface area (Å²) < 4.78 is 17.1. The van der Waals surface area contributed by atoms with E-state index in [2.05, 4.69) is 5.10 Å². The molecule has 9 heteroatoms. The maximum absolute atomic E-state index is 12.8. The second-order valence-corrected chi connectivity index (χ2v) is 7.67. The van der Waals surface area contributed by atoms with Gasteiger partial charge in [-0.15, -0.1) is 0 Å². The summed E-state index contributed by atoms with van der Waals surface area (Å²) in [5.41, 5.74) is -0.387. The monoisotopic (exact) mass is 393 g/mol. The largest absolute Gasteiger partial charge is 0.465 e. The number of carbonyl (C=O) groups is 2. The molecular formula is C19H27N3O6. The lowest BCUT2D eigenvalue weighted by Gasteiger charge is -2.23. The van der Waals surface area contributed by atoms with Crippen LogP contribution in [0.15, 0.2) is 15.3 Å². The zero-order chi connectivity index (χ0) is 21.2. The number of nitrogens with zero attached hydrogens (tertiary/aromatic N) is 3. The molecule has 0 unspecified atom stereocenters. The summed E-state index contributed by atoms with van der Waals surface area (Å²) >= 11 is 0.